The highest BCUT2D eigenvalue weighted by molar-refractivity contribution is 14.1. The molecule has 0 saturated heterocycles. The first kappa shape index (κ1) is 11.5. The number of benzene rings is 1. The van der Waals surface area contributed by atoms with Crippen molar-refractivity contribution in [3.63, 3.8) is 0 Å². The predicted molar refractivity (Wildman–Crippen MR) is 67.7 cm³/mol. The molecule has 0 aliphatic rings. The van der Waals surface area contributed by atoms with Crippen LogP contribution in [0.25, 0.3) is 5.69 Å². The zero-order valence-electron chi connectivity index (χ0n) is 8.37. The van der Waals surface area contributed by atoms with Gasteiger partial charge >= 0.3 is 0 Å². The lowest BCUT2D eigenvalue weighted by atomic mass is 10.3. The first-order chi connectivity index (χ1) is 8.13. The van der Waals surface area contributed by atoms with Crippen molar-refractivity contribution < 1.29 is 4.92 Å². The second-order valence-electron chi connectivity index (χ2n) is 3.13. The summed E-state index contributed by atoms with van der Waals surface area (Å²) in [5.74, 6) is 0.247. The largest absolute Gasteiger partial charge is 0.290 e. The molecular formula is C10H5IN4O2. The Balaban J connectivity index is 2.55. The van der Waals surface area contributed by atoms with Gasteiger partial charge in [0, 0.05) is 28.1 Å². The fourth-order valence-electron chi connectivity index (χ4n) is 1.39. The Morgan fingerprint density at radius 2 is 2.29 bits per heavy atom. The van der Waals surface area contributed by atoms with Crippen molar-refractivity contribution >= 4 is 28.3 Å². The lowest BCUT2D eigenvalue weighted by Gasteiger charge is -2.05. The van der Waals surface area contributed by atoms with Crippen LogP contribution in [0, 0.1) is 25.0 Å². The molecule has 2 rings (SSSR count). The third-order valence-corrected chi connectivity index (χ3v) is 3.01. The molecule has 1 heterocycles. The Labute approximate surface area is 110 Å². The minimum Gasteiger partial charge on any atom is -0.290 e. The molecule has 0 bridgehead atoms. The van der Waals surface area contributed by atoms with Gasteiger partial charge in [0.25, 0.3) is 5.69 Å². The van der Waals surface area contributed by atoms with E-state index in [1.807, 2.05) is 28.7 Å². The maximum absolute atomic E-state index is 10.6. The number of halogens is 1. The number of nitrogens with zero attached hydrogens (tertiary/aromatic N) is 4. The van der Waals surface area contributed by atoms with E-state index in [-0.39, 0.29) is 11.5 Å². The number of non-ortho nitro benzene ring substituents is 1. The second kappa shape index (κ2) is 4.50. The summed E-state index contributed by atoms with van der Waals surface area (Å²) in [7, 11) is 0. The number of imidazole rings is 1. The molecule has 1 aromatic carbocycles. The van der Waals surface area contributed by atoms with Crippen molar-refractivity contribution in [2.45, 2.75) is 0 Å². The van der Waals surface area contributed by atoms with Gasteiger partial charge < -0.3 is 0 Å². The summed E-state index contributed by atoms with van der Waals surface area (Å²) >= 11 is 1.99. The molecule has 1 aromatic heterocycles. The highest BCUT2D eigenvalue weighted by atomic mass is 127. The molecule has 0 aliphatic heterocycles. The molecule has 0 aliphatic carbocycles. The predicted octanol–water partition coefficient (Wildman–Crippen LogP) is 2.26. The summed E-state index contributed by atoms with van der Waals surface area (Å²) in [6.07, 6.45) is 3.15. The number of hydrogen-bond acceptors (Lipinski definition) is 4. The summed E-state index contributed by atoms with van der Waals surface area (Å²) in [5.41, 5.74) is 0.724. The summed E-state index contributed by atoms with van der Waals surface area (Å²) in [6.45, 7) is 0. The van der Waals surface area contributed by atoms with E-state index < -0.39 is 4.92 Å². The molecule has 84 valence electrons. The Bertz CT molecular complexity index is 629. The van der Waals surface area contributed by atoms with E-state index in [0.29, 0.717) is 9.26 Å². The van der Waals surface area contributed by atoms with Crippen molar-refractivity contribution in [1.29, 1.82) is 5.26 Å². The monoisotopic (exact) mass is 340 g/mol. The average Bonchev–Trinajstić information content (AvgIpc) is 2.76. The number of nitro benzene ring substituents is 1. The van der Waals surface area contributed by atoms with E-state index in [1.165, 1.54) is 18.3 Å². The maximum Gasteiger partial charge on any atom is 0.270 e. The molecule has 2 aromatic rings. The van der Waals surface area contributed by atoms with Crippen LogP contribution in [0.5, 0.6) is 0 Å². The molecule has 0 amide bonds. The lowest BCUT2D eigenvalue weighted by Crippen LogP contribution is -2.00. The summed E-state index contributed by atoms with van der Waals surface area (Å²) in [4.78, 5) is 14.0. The fraction of sp³-hybridized carbons (Fsp3) is 0. The minimum absolute atomic E-state index is 0.0248. The summed E-state index contributed by atoms with van der Waals surface area (Å²) < 4.78 is 2.28. The molecule has 0 radical (unpaired) electrons. The fourth-order valence-corrected chi connectivity index (χ4v) is 2.14. The number of aromatic nitrogens is 2. The van der Waals surface area contributed by atoms with Gasteiger partial charge in [0.05, 0.1) is 10.6 Å². The van der Waals surface area contributed by atoms with E-state index >= 15 is 0 Å². The molecule has 0 spiro atoms. The molecule has 17 heavy (non-hydrogen) atoms. The molecular weight excluding hydrogens is 335 g/mol. The summed E-state index contributed by atoms with van der Waals surface area (Å²) in [5, 5.41) is 19.5. The van der Waals surface area contributed by atoms with Crippen molar-refractivity contribution in [1.82, 2.24) is 9.55 Å². The van der Waals surface area contributed by atoms with E-state index in [0.717, 1.165) is 0 Å². The van der Waals surface area contributed by atoms with Gasteiger partial charge in [0.15, 0.2) is 0 Å². The van der Waals surface area contributed by atoms with Crippen LogP contribution < -0.4 is 0 Å². The van der Waals surface area contributed by atoms with Crippen LogP contribution in [-0.2, 0) is 0 Å². The van der Waals surface area contributed by atoms with Crippen LogP contribution >= 0.6 is 22.6 Å². The molecule has 0 unspecified atom stereocenters. The molecule has 7 heteroatoms. The first-order valence-corrected chi connectivity index (χ1v) is 5.59. The van der Waals surface area contributed by atoms with Crippen molar-refractivity contribution in [2.75, 3.05) is 0 Å². The Morgan fingerprint density at radius 1 is 1.53 bits per heavy atom. The summed E-state index contributed by atoms with van der Waals surface area (Å²) in [6, 6.07) is 6.41. The smallest absolute Gasteiger partial charge is 0.270 e. The first-order valence-electron chi connectivity index (χ1n) is 4.51. The normalized spacial score (nSPS) is 9.88. The van der Waals surface area contributed by atoms with Crippen LogP contribution in [0.2, 0.25) is 0 Å². The third kappa shape index (κ3) is 2.12. The second-order valence-corrected chi connectivity index (χ2v) is 4.29. The topological polar surface area (TPSA) is 84.8 Å². The number of rotatable bonds is 2. The van der Waals surface area contributed by atoms with Gasteiger partial charge in [-0.3, -0.25) is 14.7 Å². The van der Waals surface area contributed by atoms with E-state index in [1.54, 1.807) is 16.8 Å². The SMILES string of the molecule is N#Cc1nccn1-c1ccc([N+](=O)[O-])cc1I. The Morgan fingerprint density at radius 3 is 2.88 bits per heavy atom. The maximum atomic E-state index is 10.6. The van der Waals surface area contributed by atoms with Gasteiger partial charge in [0.2, 0.25) is 5.82 Å². The average molecular weight is 340 g/mol. The molecule has 0 N–H and O–H groups in total. The molecule has 0 fully saturated rings. The van der Waals surface area contributed by atoms with Crippen LogP contribution in [0.1, 0.15) is 5.82 Å². The van der Waals surface area contributed by atoms with Crippen molar-refractivity contribution in [3.05, 3.63) is 50.1 Å². The van der Waals surface area contributed by atoms with E-state index in [2.05, 4.69) is 4.98 Å². The van der Waals surface area contributed by atoms with Gasteiger partial charge in [-0.15, -0.1) is 0 Å². The lowest BCUT2D eigenvalue weighted by molar-refractivity contribution is -0.384. The van der Waals surface area contributed by atoms with Crippen LogP contribution in [0.4, 0.5) is 5.69 Å². The third-order valence-electron chi connectivity index (χ3n) is 2.14. The minimum atomic E-state index is -0.453. The standard InChI is InChI=1S/C10H5IN4O2/c11-8-5-7(15(16)17)1-2-9(8)14-4-3-13-10(14)6-12/h1-5H. The number of nitriles is 1. The quantitative estimate of drug-likeness (QED) is 0.477. The van der Waals surface area contributed by atoms with E-state index in [4.69, 9.17) is 5.26 Å². The molecule has 0 saturated carbocycles. The zero-order chi connectivity index (χ0) is 12.4. The van der Waals surface area contributed by atoms with Crippen LogP contribution in [0.15, 0.2) is 30.6 Å². The van der Waals surface area contributed by atoms with Crippen LogP contribution in [0.3, 0.4) is 0 Å². The highest BCUT2D eigenvalue weighted by Crippen LogP contribution is 2.23. The van der Waals surface area contributed by atoms with Gasteiger partial charge in [0.1, 0.15) is 6.07 Å². The van der Waals surface area contributed by atoms with Crippen molar-refractivity contribution in [2.24, 2.45) is 0 Å². The molecule has 0 atom stereocenters. The highest BCUT2D eigenvalue weighted by Gasteiger charge is 2.12. The number of hydrogen-bond donors (Lipinski definition) is 0. The Kier molecular flexibility index (Phi) is 3.06. The van der Waals surface area contributed by atoms with Gasteiger partial charge in [-0.25, -0.2) is 4.98 Å². The number of nitro groups is 1. The van der Waals surface area contributed by atoms with Crippen molar-refractivity contribution in [3.8, 4) is 11.8 Å². The molecule has 6 nitrogen and oxygen atoms in total. The van der Waals surface area contributed by atoms with Crippen LogP contribution in [-0.4, -0.2) is 14.5 Å². The van der Waals surface area contributed by atoms with Gasteiger partial charge in [-0.2, -0.15) is 5.26 Å². The zero-order valence-corrected chi connectivity index (χ0v) is 10.5. The Hall–Kier alpha value is -1.95. The van der Waals surface area contributed by atoms with Gasteiger partial charge in [-0.05, 0) is 28.7 Å². The van der Waals surface area contributed by atoms with Gasteiger partial charge in [-0.1, -0.05) is 0 Å². The van der Waals surface area contributed by atoms with E-state index in [9.17, 15) is 10.1 Å².